The first-order valence-electron chi connectivity index (χ1n) is 8.31. The van der Waals surface area contributed by atoms with Crippen molar-refractivity contribution in [1.29, 1.82) is 0 Å². The van der Waals surface area contributed by atoms with Crippen LogP contribution in [0, 0.1) is 0 Å². The van der Waals surface area contributed by atoms with Gasteiger partial charge >= 0.3 is 5.97 Å². The zero-order chi connectivity index (χ0) is 17.5. The van der Waals surface area contributed by atoms with Gasteiger partial charge in [-0.1, -0.05) is 12.2 Å². The maximum atomic E-state index is 12.6. The molecule has 1 aromatic rings. The standard InChI is InChI=1S/C19H24O5/c1-13-7-6-10-15(20)9-5-3-4-8-14-11-16(21)12-17(23-2)18(14)19(22)24-13/h4,8,11-13,21H,3,5-7,9-10H2,1-2H3/b8-4-/t13-/m0/s1. The van der Waals surface area contributed by atoms with Crippen molar-refractivity contribution in [3.8, 4) is 11.5 Å². The molecule has 0 aromatic heterocycles. The van der Waals surface area contributed by atoms with Gasteiger partial charge in [0.05, 0.1) is 13.2 Å². The maximum absolute atomic E-state index is 12.6. The summed E-state index contributed by atoms with van der Waals surface area (Å²) in [6, 6.07) is 2.91. The number of rotatable bonds is 1. The first kappa shape index (κ1) is 18.0. The number of methoxy groups -OCH3 is 1. The predicted molar refractivity (Wildman–Crippen MR) is 91.3 cm³/mol. The number of carbonyl (C=O) groups excluding carboxylic acids is 2. The van der Waals surface area contributed by atoms with Crippen LogP contribution in [0.25, 0.3) is 6.08 Å². The Morgan fingerprint density at radius 3 is 2.71 bits per heavy atom. The maximum Gasteiger partial charge on any atom is 0.342 e. The summed E-state index contributed by atoms with van der Waals surface area (Å²) in [5, 5.41) is 9.83. The second kappa shape index (κ2) is 8.52. The number of ketones is 1. The van der Waals surface area contributed by atoms with Crippen LogP contribution in [0.4, 0.5) is 0 Å². The molecule has 5 heteroatoms. The second-order valence-corrected chi connectivity index (χ2v) is 6.05. The first-order chi connectivity index (χ1) is 11.5. The zero-order valence-electron chi connectivity index (χ0n) is 14.2. The van der Waals surface area contributed by atoms with Gasteiger partial charge in [-0.2, -0.15) is 0 Å². The molecule has 0 spiro atoms. The Morgan fingerprint density at radius 2 is 1.96 bits per heavy atom. The molecule has 0 bridgehead atoms. The van der Waals surface area contributed by atoms with E-state index in [4.69, 9.17) is 9.47 Å². The number of allylic oxidation sites excluding steroid dienone is 1. The van der Waals surface area contributed by atoms with Gasteiger partial charge in [-0.15, -0.1) is 0 Å². The molecular weight excluding hydrogens is 308 g/mol. The zero-order valence-corrected chi connectivity index (χ0v) is 14.2. The number of phenols is 1. The number of fused-ring (bicyclic) bond motifs is 1. The number of carbonyl (C=O) groups is 2. The van der Waals surface area contributed by atoms with Crippen LogP contribution in [0.15, 0.2) is 18.2 Å². The van der Waals surface area contributed by atoms with Crippen molar-refractivity contribution < 1.29 is 24.2 Å². The molecule has 1 N–H and O–H groups in total. The summed E-state index contributed by atoms with van der Waals surface area (Å²) in [6.07, 6.45) is 7.33. The van der Waals surface area contributed by atoms with Crippen LogP contribution in [-0.4, -0.2) is 30.1 Å². The highest BCUT2D eigenvalue weighted by Gasteiger charge is 2.21. The van der Waals surface area contributed by atoms with E-state index in [1.54, 1.807) is 6.08 Å². The Labute approximate surface area is 142 Å². The lowest BCUT2D eigenvalue weighted by molar-refractivity contribution is -0.119. The summed E-state index contributed by atoms with van der Waals surface area (Å²) in [7, 11) is 1.45. The smallest absolute Gasteiger partial charge is 0.342 e. The van der Waals surface area contributed by atoms with E-state index < -0.39 is 5.97 Å². The topological polar surface area (TPSA) is 72.8 Å². The lowest BCUT2D eigenvalue weighted by Gasteiger charge is -2.17. The van der Waals surface area contributed by atoms with Gasteiger partial charge in [0, 0.05) is 18.9 Å². The quantitative estimate of drug-likeness (QED) is 0.790. The van der Waals surface area contributed by atoms with E-state index in [9.17, 15) is 14.7 Å². The summed E-state index contributed by atoms with van der Waals surface area (Å²) >= 11 is 0. The molecule has 0 aliphatic carbocycles. The molecular formula is C19H24O5. The number of ether oxygens (including phenoxy) is 2. The van der Waals surface area contributed by atoms with Crippen molar-refractivity contribution in [3.63, 3.8) is 0 Å². The first-order valence-corrected chi connectivity index (χ1v) is 8.31. The fourth-order valence-corrected chi connectivity index (χ4v) is 2.77. The molecule has 0 amide bonds. The average molecular weight is 332 g/mol. The van der Waals surface area contributed by atoms with Crippen LogP contribution in [-0.2, 0) is 9.53 Å². The minimum Gasteiger partial charge on any atom is -0.508 e. The van der Waals surface area contributed by atoms with Crippen LogP contribution in [0.2, 0.25) is 0 Å². The molecule has 0 saturated carbocycles. The largest absolute Gasteiger partial charge is 0.508 e. The number of phenolic OH excluding ortho intramolecular Hbond substituents is 1. The highest BCUT2D eigenvalue weighted by atomic mass is 16.5. The van der Waals surface area contributed by atoms with Crippen molar-refractivity contribution in [2.24, 2.45) is 0 Å². The minimum atomic E-state index is -0.484. The van der Waals surface area contributed by atoms with Crippen LogP contribution in [0.5, 0.6) is 11.5 Å². The number of hydrogen-bond donors (Lipinski definition) is 1. The van der Waals surface area contributed by atoms with E-state index in [-0.39, 0.29) is 23.4 Å². The van der Waals surface area contributed by atoms with E-state index in [0.717, 1.165) is 12.8 Å². The molecule has 130 valence electrons. The van der Waals surface area contributed by atoms with Gasteiger partial charge in [0.2, 0.25) is 0 Å². The normalized spacial score (nSPS) is 21.3. The molecule has 5 nitrogen and oxygen atoms in total. The van der Waals surface area contributed by atoms with Gasteiger partial charge in [-0.3, -0.25) is 4.79 Å². The third-order valence-corrected chi connectivity index (χ3v) is 4.04. The minimum absolute atomic E-state index is 0.0207. The summed E-state index contributed by atoms with van der Waals surface area (Å²) in [4.78, 5) is 24.3. The third kappa shape index (κ3) is 4.85. The van der Waals surface area contributed by atoms with Gasteiger partial charge < -0.3 is 14.6 Å². The highest BCUT2D eigenvalue weighted by molar-refractivity contribution is 5.97. The third-order valence-electron chi connectivity index (χ3n) is 4.04. The number of benzene rings is 1. The highest BCUT2D eigenvalue weighted by Crippen LogP contribution is 2.30. The Bertz CT molecular complexity index is 633. The van der Waals surface area contributed by atoms with Crippen LogP contribution in [0.1, 0.15) is 61.4 Å². The Morgan fingerprint density at radius 1 is 1.21 bits per heavy atom. The van der Waals surface area contributed by atoms with E-state index >= 15 is 0 Å². The monoisotopic (exact) mass is 332 g/mol. The lowest BCUT2D eigenvalue weighted by Crippen LogP contribution is -2.17. The van der Waals surface area contributed by atoms with Gasteiger partial charge in [0.15, 0.2) is 0 Å². The van der Waals surface area contributed by atoms with E-state index in [2.05, 4.69) is 0 Å². The second-order valence-electron chi connectivity index (χ2n) is 6.05. The molecule has 1 aromatic carbocycles. The van der Waals surface area contributed by atoms with E-state index in [1.807, 2.05) is 13.0 Å². The molecule has 1 aliphatic heterocycles. The predicted octanol–water partition coefficient (Wildman–Crippen LogP) is 3.88. The van der Waals surface area contributed by atoms with Crippen molar-refractivity contribution in [2.45, 2.75) is 51.6 Å². The molecule has 1 atom stereocenters. The van der Waals surface area contributed by atoms with Gasteiger partial charge in [0.1, 0.15) is 22.8 Å². The Balaban J connectivity index is 2.36. The molecule has 1 heterocycles. The average Bonchev–Trinajstić information content (AvgIpc) is 2.52. The number of cyclic esters (lactones) is 1. The summed E-state index contributed by atoms with van der Waals surface area (Å²) < 4.78 is 10.7. The SMILES string of the molecule is COc1cc(O)cc2c1C(=O)O[C@@H](C)CCCC(=O)CCC/C=C\2. The van der Waals surface area contributed by atoms with Gasteiger partial charge in [-0.25, -0.2) is 4.79 Å². The number of esters is 1. The van der Waals surface area contributed by atoms with Crippen LogP contribution < -0.4 is 4.74 Å². The number of Topliss-reactive ketones (excluding diaryl/α,β-unsaturated/α-hetero) is 1. The summed E-state index contributed by atoms with van der Waals surface area (Å²) in [5.74, 6) is 0.0719. The number of hydrogen-bond acceptors (Lipinski definition) is 5. The number of aromatic hydroxyl groups is 1. The van der Waals surface area contributed by atoms with Gasteiger partial charge in [-0.05, 0) is 44.2 Å². The van der Waals surface area contributed by atoms with Gasteiger partial charge in [0.25, 0.3) is 0 Å². The van der Waals surface area contributed by atoms with Crippen molar-refractivity contribution in [3.05, 3.63) is 29.3 Å². The fraction of sp³-hybridized carbons (Fsp3) is 0.474. The van der Waals surface area contributed by atoms with Crippen molar-refractivity contribution >= 4 is 17.8 Å². The van der Waals surface area contributed by atoms with E-state index in [1.165, 1.54) is 19.2 Å². The molecule has 0 saturated heterocycles. The summed E-state index contributed by atoms with van der Waals surface area (Å²) in [6.45, 7) is 1.82. The molecule has 24 heavy (non-hydrogen) atoms. The molecule has 1 aliphatic rings. The Kier molecular flexibility index (Phi) is 6.41. The molecule has 0 fully saturated rings. The molecule has 0 radical (unpaired) electrons. The van der Waals surface area contributed by atoms with Crippen molar-refractivity contribution in [2.75, 3.05) is 7.11 Å². The Hall–Kier alpha value is -2.30. The molecule has 2 rings (SSSR count). The lowest BCUT2D eigenvalue weighted by atomic mass is 10.0. The summed E-state index contributed by atoms with van der Waals surface area (Å²) in [5.41, 5.74) is 0.860. The molecule has 0 unspecified atom stereocenters. The van der Waals surface area contributed by atoms with Crippen LogP contribution >= 0.6 is 0 Å². The van der Waals surface area contributed by atoms with Crippen molar-refractivity contribution in [1.82, 2.24) is 0 Å². The fourth-order valence-electron chi connectivity index (χ4n) is 2.77. The van der Waals surface area contributed by atoms with E-state index in [0.29, 0.717) is 36.8 Å². The van der Waals surface area contributed by atoms with Crippen LogP contribution in [0.3, 0.4) is 0 Å².